The third kappa shape index (κ3) is 1.69. The molecule has 1 aliphatic heterocycles. The van der Waals surface area contributed by atoms with E-state index in [0.29, 0.717) is 0 Å². The van der Waals surface area contributed by atoms with Gasteiger partial charge in [0, 0.05) is 6.54 Å². The molecule has 2 unspecified atom stereocenters. The van der Waals surface area contributed by atoms with Gasteiger partial charge in [0.15, 0.2) is 0 Å². The van der Waals surface area contributed by atoms with Crippen molar-refractivity contribution in [2.75, 3.05) is 13.1 Å². The fourth-order valence-corrected chi connectivity index (χ4v) is 3.05. The van der Waals surface area contributed by atoms with Crippen LogP contribution in [0.25, 0.3) is 0 Å². The molecule has 1 aliphatic carbocycles. The summed E-state index contributed by atoms with van der Waals surface area (Å²) in [5, 5.41) is 3.45. The van der Waals surface area contributed by atoms with E-state index >= 15 is 0 Å². The first-order chi connectivity index (χ1) is 7.33. The Morgan fingerprint density at radius 1 is 1.20 bits per heavy atom. The Labute approximate surface area is 91.9 Å². The molecule has 3 rings (SSSR count). The molecule has 1 nitrogen and oxygen atoms in total. The van der Waals surface area contributed by atoms with Gasteiger partial charge in [-0.3, -0.25) is 0 Å². The Hall–Kier alpha value is -0.820. The average Bonchev–Trinajstić information content (AvgIpc) is 2.82. The summed E-state index contributed by atoms with van der Waals surface area (Å²) in [6, 6.07) is 7.19. The lowest BCUT2D eigenvalue weighted by Gasteiger charge is -2.10. The second-order valence-corrected chi connectivity index (χ2v) is 5.23. The number of fused-ring (bicyclic) bond motifs is 1. The van der Waals surface area contributed by atoms with Gasteiger partial charge in [-0.05, 0) is 54.3 Å². The van der Waals surface area contributed by atoms with Gasteiger partial charge >= 0.3 is 0 Å². The van der Waals surface area contributed by atoms with E-state index in [2.05, 4.69) is 30.4 Å². The largest absolute Gasteiger partial charge is 0.316 e. The minimum absolute atomic E-state index is 0.770. The summed E-state index contributed by atoms with van der Waals surface area (Å²) in [5.41, 5.74) is 4.77. The molecule has 80 valence electrons. The van der Waals surface area contributed by atoms with Crippen LogP contribution in [-0.2, 0) is 12.8 Å². The predicted octanol–water partition coefficient (Wildman–Crippen LogP) is 2.50. The second kappa shape index (κ2) is 3.64. The fourth-order valence-electron chi connectivity index (χ4n) is 3.05. The molecule has 1 heteroatoms. The first-order valence-corrected chi connectivity index (χ1v) is 6.15. The zero-order valence-electron chi connectivity index (χ0n) is 9.42. The van der Waals surface area contributed by atoms with Crippen molar-refractivity contribution in [3.05, 3.63) is 34.9 Å². The van der Waals surface area contributed by atoms with Crippen LogP contribution in [-0.4, -0.2) is 13.1 Å². The van der Waals surface area contributed by atoms with Crippen molar-refractivity contribution in [2.24, 2.45) is 5.92 Å². The third-order valence-corrected chi connectivity index (χ3v) is 3.90. The lowest BCUT2D eigenvalue weighted by Crippen LogP contribution is -2.08. The maximum absolute atomic E-state index is 3.45. The minimum atomic E-state index is 0.770. The molecule has 15 heavy (non-hydrogen) atoms. The Balaban J connectivity index is 1.89. The molecule has 1 aromatic rings. The maximum atomic E-state index is 3.45. The van der Waals surface area contributed by atoms with E-state index in [9.17, 15) is 0 Å². The molecular formula is C14H19N. The van der Waals surface area contributed by atoms with Crippen molar-refractivity contribution in [3.63, 3.8) is 0 Å². The van der Waals surface area contributed by atoms with E-state index in [1.165, 1.54) is 32.4 Å². The molecule has 0 saturated carbocycles. The summed E-state index contributed by atoms with van der Waals surface area (Å²) in [7, 11) is 0. The van der Waals surface area contributed by atoms with Gasteiger partial charge in [-0.1, -0.05) is 25.1 Å². The van der Waals surface area contributed by atoms with Crippen molar-refractivity contribution in [3.8, 4) is 0 Å². The van der Waals surface area contributed by atoms with Crippen LogP contribution in [0.1, 0.15) is 36.0 Å². The van der Waals surface area contributed by atoms with Crippen LogP contribution >= 0.6 is 0 Å². The number of benzene rings is 1. The summed E-state index contributed by atoms with van der Waals surface area (Å²) < 4.78 is 0. The maximum Gasteiger partial charge on any atom is 0.00206 e. The molecule has 0 radical (unpaired) electrons. The Kier molecular flexibility index (Phi) is 2.28. The number of rotatable bonds is 1. The van der Waals surface area contributed by atoms with Gasteiger partial charge in [-0.2, -0.15) is 0 Å². The quantitative estimate of drug-likeness (QED) is 0.736. The molecule has 1 saturated heterocycles. The van der Waals surface area contributed by atoms with E-state index in [4.69, 9.17) is 0 Å². The van der Waals surface area contributed by atoms with Gasteiger partial charge in [0.2, 0.25) is 0 Å². The number of nitrogens with one attached hydrogen (secondary N) is 1. The monoisotopic (exact) mass is 201 g/mol. The standard InChI is InChI=1S/C14H19N/c1-10-6-11-2-3-12(8-14(11)7-10)13-4-5-15-9-13/h2-3,8,10,13,15H,4-7,9H2,1H3. The molecule has 1 N–H and O–H groups in total. The molecule has 0 spiro atoms. The van der Waals surface area contributed by atoms with Gasteiger partial charge in [-0.15, -0.1) is 0 Å². The van der Waals surface area contributed by atoms with Crippen molar-refractivity contribution < 1.29 is 0 Å². The molecule has 1 aromatic carbocycles. The Morgan fingerprint density at radius 3 is 2.87 bits per heavy atom. The molecule has 2 atom stereocenters. The van der Waals surface area contributed by atoms with Gasteiger partial charge in [0.05, 0.1) is 0 Å². The molecule has 2 aliphatic rings. The molecule has 0 amide bonds. The SMILES string of the molecule is CC1Cc2ccc(C3CCNC3)cc2C1. The van der Waals surface area contributed by atoms with Crippen LogP contribution in [0.4, 0.5) is 0 Å². The topological polar surface area (TPSA) is 12.0 Å². The minimum Gasteiger partial charge on any atom is -0.316 e. The molecular weight excluding hydrogens is 182 g/mol. The van der Waals surface area contributed by atoms with Crippen LogP contribution in [0.2, 0.25) is 0 Å². The highest BCUT2D eigenvalue weighted by atomic mass is 14.9. The summed E-state index contributed by atoms with van der Waals surface area (Å²) >= 11 is 0. The Bertz CT molecular complexity index is 364. The van der Waals surface area contributed by atoms with E-state index in [1.807, 2.05) is 0 Å². The molecule has 1 fully saturated rings. The Morgan fingerprint density at radius 2 is 2.07 bits per heavy atom. The van der Waals surface area contributed by atoms with Crippen LogP contribution < -0.4 is 5.32 Å². The molecule has 0 bridgehead atoms. The van der Waals surface area contributed by atoms with Crippen LogP contribution in [0.5, 0.6) is 0 Å². The van der Waals surface area contributed by atoms with Crippen molar-refractivity contribution in [1.29, 1.82) is 0 Å². The van der Waals surface area contributed by atoms with Crippen molar-refractivity contribution >= 4 is 0 Å². The van der Waals surface area contributed by atoms with E-state index in [-0.39, 0.29) is 0 Å². The predicted molar refractivity (Wildman–Crippen MR) is 63.2 cm³/mol. The summed E-state index contributed by atoms with van der Waals surface area (Å²) in [6.45, 7) is 4.73. The lowest BCUT2D eigenvalue weighted by atomic mass is 9.95. The highest BCUT2D eigenvalue weighted by Gasteiger charge is 2.21. The van der Waals surface area contributed by atoms with Crippen molar-refractivity contribution in [2.45, 2.75) is 32.1 Å². The van der Waals surface area contributed by atoms with E-state index in [1.54, 1.807) is 16.7 Å². The smallest absolute Gasteiger partial charge is 0.00206 e. The van der Waals surface area contributed by atoms with Crippen LogP contribution in [0, 0.1) is 5.92 Å². The fraction of sp³-hybridized carbons (Fsp3) is 0.571. The van der Waals surface area contributed by atoms with E-state index < -0.39 is 0 Å². The summed E-state index contributed by atoms with van der Waals surface area (Å²) in [5.74, 6) is 1.63. The number of hydrogen-bond donors (Lipinski definition) is 1. The normalized spacial score (nSPS) is 29.4. The van der Waals surface area contributed by atoms with Crippen molar-refractivity contribution in [1.82, 2.24) is 5.32 Å². The summed E-state index contributed by atoms with van der Waals surface area (Å²) in [6.07, 6.45) is 3.90. The lowest BCUT2D eigenvalue weighted by molar-refractivity contribution is 0.627. The van der Waals surface area contributed by atoms with Gasteiger partial charge in [0.25, 0.3) is 0 Å². The second-order valence-electron chi connectivity index (χ2n) is 5.23. The number of hydrogen-bond acceptors (Lipinski definition) is 1. The highest BCUT2D eigenvalue weighted by molar-refractivity contribution is 5.37. The summed E-state index contributed by atoms with van der Waals surface area (Å²) in [4.78, 5) is 0. The van der Waals surface area contributed by atoms with Crippen LogP contribution in [0.3, 0.4) is 0 Å². The molecule has 1 heterocycles. The molecule has 0 aromatic heterocycles. The zero-order chi connectivity index (χ0) is 10.3. The zero-order valence-corrected chi connectivity index (χ0v) is 9.42. The highest BCUT2D eigenvalue weighted by Crippen LogP contribution is 2.30. The van der Waals surface area contributed by atoms with Crippen LogP contribution in [0.15, 0.2) is 18.2 Å². The third-order valence-electron chi connectivity index (χ3n) is 3.90. The van der Waals surface area contributed by atoms with E-state index in [0.717, 1.165) is 11.8 Å². The average molecular weight is 201 g/mol. The van der Waals surface area contributed by atoms with Gasteiger partial charge < -0.3 is 5.32 Å². The van der Waals surface area contributed by atoms with Gasteiger partial charge in [0.1, 0.15) is 0 Å². The van der Waals surface area contributed by atoms with Gasteiger partial charge in [-0.25, -0.2) is 0 Å². The first-order valence-electron chi connectivity index (χ1n) is 6.15. The first kappa shape index (κ1) is 9.41.